The van der Waals surface area contributed by atoms with E-state index in [9.17, 15) is 4.79 Å². The second-order valence-corrected chi connectivity index (χ2v) is 9.22. The molecule has 196 valence electrons. The molecule has 1 aliphatic heterocycles. The summed E-state index contributed by atoms with van der Waals surface area (Å²) in [6, 6.07) is 15.5. The minimum absolute atomic E-state index is 0.125. The summed E-state index contributed by atoms with van der Waals surface area (Å²) in [6.45, 7) is 0.712. The number of hydrogen-bond donors (Lipinski definition) is 0. The zero-order valence-electron chi connectivity index (χ0n) is 21.8. The predicted octanol–water partition coefficient (Wildman–Crippen LogP) is 5.10. The third kappa shape index (κ3) is 5.18. The fraction of sp³-hybridized carbons (Fsp3) is 0.310. The van der Waals surface area contributed by atoms with E-state index in [1.54, 1.807) is 39.9 Å². The third-order valence-electron chi connectivity index (χ3n) is 6.97. The number of likely N-dealkylation sites (tertiary alicyclic amines) is 1. The van der Waals surface area contributed by atoms with Gasteiger partial charge in [-0.15, -0.1) is 5.10 Å². The first kappa shape index (κ1) is 25.3. The molecule has 0 spiro atoms. The summed E-state index contributed by atoms with van der Waals surface area (Å²) < 4.78 is 17.9. The molecule has 9 nitrogen and oxygen atoms in total. The number of methoxy groups -OCH3 is 3. The van der Waals surface area contributed by atoms with Gasteiger partial charge in [-0.2, -0.15) is 4.68 Å². The van der Waals surface area contributed by atoms with Gasteiger partial charge in [0.05, 0.1) is 33.1 Å². The highest BCUT2D eigenvalue weighted by Crippen LogP contribution is 2.42. The minimum atomic E-state index is -0.146. The lowest BCUT2D eigenvalue weighted by atomic mass is 9.96. The Balaban J connectivity index is 1.36. The molecule has 1 fully saturated rings. The molecule has 3 heterocycles. The van der Waals surface area contributed by atoms with Crippen molar-refractivity contribution in [3.8, 4) is 39.6 Å². The lowest BCUT2D eigenvalue weighted by Crippen LogP contribution is -2.46. The first-order chi connectivity index (χ1) is 18.6. The van der Waals surface area contributed by atoms with Gasteiger partial charge in [0, 0.05) is 42.7 Å². The molecule has 38 heavy (non-hydrogen) atoms. The van der Waals surface area contributed by atoms with Crippen LogP contribution in [0, 0.1) is 0 Å². The summed E-state index contributed by atoms with van der Waals surface area (Å²) in [5.74, 6) is 1.94. The maximum absolute atomic E-state index is 13.4. The number of hydrogen-bond acceptors (Lipinski definition) is 7. The molecule has 0 bridgehead atoms. The van der Waals surface area contributed by atoms with Crippen molar-refractivity contribution in [3.05, 3.63) is 72.7 Å². The highest BCUT2D eigenvalue weighted by Gasteiger charge is 2.28. The quantitative estimate of drug-likeness (QED) is 0.340. The summed E-state index contributed by atoms with van der Waals surface area (Å²) >= 11 is 0. The molecule has 2 aromatic carbocycles. The zero-order chi connectivity index (χ0) is 26.5. The number of carbonyl (C=O) groups is 1. The number of piperidine rings is 1. The molecule has 0 radical (unpaired) electrons. The molecule has 0 saturated carbocycles. The number of aromatic nitrogens is 4. The third-order valence-corrected chi connectivity index (χ3v) is 6.97. The molecule has 5 rings (SSSR count). The summed E-state index contributed by atoms with van der Waals surface area (Å²) in [5, 5.41) is 8.47. The van der Waals surface area contributed by atoms with Crippen LogP contribution in [0.5, 0.6) is 17.2 Å². The normalized spacial score (nSPS) is 15.2. The Morgan fingerprint density at radius 2 is 1.61 bits per heavy atom. The number of amides is 1. The van der Waals surface area contributed by atoms with Gasteiger partial charge in [-0.05, 0) is 48.9 Å². The van der Waals surface area contributed by atoms with E-state index in [2.05, 4.69) is 15.3 Å². The lowest BCUT2D eigenvalue weighted by molar-refractivity contribution is 0.149. The van der Waals surface area contributed by atoms with E-state index in [1.807, 2.05) is 53.4 Å². The Hall–Kier alpha value is -4.40. The first-order valence-electron chi connectivity index (χ1n) is 12.6. The van der Waals surface area contributed by atoms with E-state index in [0.717, 1.165) is 42.4 Å². The van der Waals surface area contributed by atoms with Gasteiger partial charge in [0.1, 0.15) is 22.9 Å². The molecule has 1 unspecified atom stereocenters. The largest absolute Gasteiger partial charge is 0.496 e. The zero-order valence-corrected chi connectivity index (χ0v) is 21.8. The van der Waals surface area contributed by atoms with Gasteiger partial charge < -0.3 is 19.1 Å². The summed E-state index contributed by atoms with van der Waals surface area (Å²) in [5.41, 5.74) is 4.40. The van der Waals surface area contributed by atoms with E-state index < -0.39 is 0 Å². The van der Waals surface area contributed by atoms with Crippen molar-refractivity contribution in [1.29, 1.82) is 0 Å². The second-order valence-electron chi connectivity index (χ2n) is 9.22. The molecular weight excluding hydrogens is 482 g/mol. The van der Waals surface area contributed by atoms with Crippen LogP contribution in [0.25, 0.3) is 22.4 Å². The minimum Gasteiger partial charge on any atom is -0.496 e. The van der Waals surface area contributed by atoms with Crippen LogP contribution in [0.3, 0.4) is 0 Å². The van der Waals surface area contributed by atoms with E-state index >= 15 is 0 Å². The fourth-order valence-electron chi connectivity index (χ4n) is 4.97. The molecule has 0 N–H and O–H groups in total. The molecule has 1 amide bonds. The Labute approximate surface area is 222 Å². The smallest absolute Gasteiger partial charge is 0.346 e. The first-order valence-corrected chi connectivity index (χ1v) is 12.6. The number of carbonyl (C=O) groups excluding carboxylic acids is 1. The summed E-state index contributed by atoms with van der Waals surface area (Å²) in [6.07, 6.45) is 9.15. The van der Waals surface area contributed by atoms with E-state index in [4.69, 9.17) is 14.2 Å². The Kier molecular flexibility index (Phi) is 7.53. The Bertz CT molecular complexity index is 1360. The van der Waals surface area contributed by atoms with Gasteiger partial charge in [-0.25, -0.2) is 4.79 Å². The highest BCUT2D eigenvalue weighted by atomic mass is 16.5. The standard InChI is InChI=1S/C29H31N5O4/c1-36-24-17-26(37-2)28(27(18-24)38-3)22-9-7-21(8-10-22)25-19-34(32-31-25)29(35)33-15-5-4-6-23(33)16-20-11-13-30-14-12-20/h7-14,17-19,23H,4-6,15-16H2,1-3H3. The average molecular weight is 514 g/mol. The van der Waals surface area contributed by atoms with Crippen LogP contribution >= 0.6 is 0 Å². The maximum atomic E-state index is 13.4. The van der Waals surface area contributed by atoms with Crippen LogP contribution in [0.4, 0.5) is 4.79 Å². The second kappa shape index (κ2) is 11.3. The molecule has 9 heteroatoms. The molecule has 4 aromatic rings. The topological polar surface area (TPSA) is 91.6 Å². The van der Waals surface area contributed by atoms with Crippen LogP contribution in [-0.2, 0) is 6.42 Å². The van der Waals surface area contributed by atoms with Crippen LogP contribution in [0.2, 0.25) is 0 Å². The number of rotatable bonds is 7. The lowest BCUT2D eigenvalue weighted by Gasteiger charge is -2.35. The molecule has 1 saturated heterocycles. The number of ether oxygens (including phenoxy) is 3. The van der Waals surface area contributed by atoms with Gasteiger partial charge in [-0.3, -0.25) is 4.98 Å². The highest BCUT2D eigenvalue weighted by molar-refractivity contribution is 5.80. The Morgan fingerprint density at radius 3 is 2.26 bits per heavy atom. The van der Waals surface area contributed by atoms with E-state index in [-0.39, 0.29) is 12.1 Å². The van der Waals surface area contributed by atoms with Crippen molar-refractivity contribution in [1.82, 2.24) is 24.9 Å². The number of nitrogens with zero attached hydrogens (tertiary/aromatic N) is 5. The van der Waals surface area contributed by atoms with Gasteiger partial charge in [0.2, 0.25) is 0 Å². The fourth-order valence-corrected chi connectivity index (χ4v) is 4.97. The van der Waals surface area contributed by atoms with Crippen LogP contribution in [0.15, 0.2) is 67.1 Å². The Morgan fingerprint density at radius 1 is 0.921 bits per heavy atom. The molecule has 1 atom stereocenters. The summed E-state index contributed by atoms with van der Waals surface area (Å²) in [7, 11) is 4.84. The number of benzene rings is 2. The molecular formula is C29H31N5O4. The van der Waals surface area contributed by atoms with Crippen molar-refractivity contribution >= 4 is 6.03 Å². The van der Waals surface area contributed by atoms with Crippen molar-refractivity contribution in [3.63, 3.8) is 0 Å². The predicted molar refractivity (Wildman–Crippen MR) is 144 cm³/mol. The monoisotopic (exact) mass is 513 g/mol. The van der Waals surface area contributed by atoms with E-state index in [0.29, 0.717) is 29.5 Å². The van der Waals surface area contributed by atoms with Crippen molar-refractivity contribution < 1.29 is 19.0 Å². The van der Waals surface area contributed by atoms with E-state index in [1.165, 1.54) is 10.2 Å². The SMILES string of the molecule is COc1cc(OC)c(-c2ccc(-c3cn(C(=O)N4CCCCC4Cc4ccncc4)nn3)cc2)c(OC)c1. The van der Waals surface area contributed by atoms with Crippen molar-refractivity contribution in [2.45, 2.75) is 31.7 Å². The van der Waals surface area contributed by atoms with Crippen molar-refractivity contribution in [2.75, 3.05) is 27.9 Å². The molecule has 2 aromatic heterocycles. The number of pyridine rings is 1. The van der Waals surface area contributed by atoms with Gasteiger partial charge >= 0.3 is 6.03 Å². The van der Waals surface area contributed by atoms with Crippen molar-refractivity contribution in [2.24, 2.45) is 0 Å². The average Bonchev–Trinajstić information content (AvgIpc) is 3.47. The van der Waals surface area contributed by atoms with Crippen LogP contribution in [-0.4, -0.2) is 64.8 Å². The maximum Gasteiger partial charge on any atom is 0.346 e. The molecule has 0 aliphatic carbocycles. The van der Waals surface area contributed by atoms with Crippen LogP contribution in [0.1, 0.15) is 24.8 Å². The van der Waals surface area contributed by atoms with Gasteiger partial charge in [0.15, 0.2) is 0 Å². The van der Waals surface area contributed by atoms with Crippen LogP contribution < -0.4 is 14.2 Å². The molecule has 1 aliphatic rings. The van der Waals surface area contributed by atoms with Gasteiger partial charge in [0.25, 0.3) is 0 Å². The summed E-state index contributed by atoms with van der Waals surface area (Å²) in [4.78, 5) is 19.4. The van der Waals surface area contributed by atoms with Gasteiger partial charge in [-0.1, -0.05) is 29.5 Å².